The zero-order valence-corrected chi connectivity index (χ0v) is 7.56. The van der Waals surface area contributed by atoms with Gasteiger partial charge in [-0.05, 0) is 25.3 Å². The molecule has 4 nitrogen and oxygen atoms in total. The van der Waals surface area contributed by atoms with Gasteiger partial charge in [0.1, 0.15) is 5.82 Å². The van der Waals surface area contributed by atoms with Crippen molar-refractivity contribution in [2.24, 2.45) is 5.73 Å². The number of nitrogens with zero attached hydrogens (tertiary/aromatic N) is 2. The van der Waals surface area contributed by atoms with Gasteiger partial charge in [-0.15, -0.1) is 0 Å². The highest BCUT2D eigenvalue weighted by atomic mass is 16.2. The van der Waals surface area contributed by atoms with Crippen LogP contribution < -0.4 is 5.73 Å². The van der Waals surface area contributed by atoms with E-state index in [1.165, 1.54) is 0 Å². The second-order valence-electron chi connectivity index (χ2n) is 2.93. The van der Waals surface area contributed by atoms with E-state index in [4.69, 9.17) is 10.8 Å². The van der Waals surface area contributed by atoms with Crippen molar-refractivity contribution in [2.75, 3.05) is 6.61 Å². The molecule has 1 aromatic heterocycles. The molecule has 0 aliphatic rings. The number of aliphatic hydroxyl groups is 1. The predicted octanol–water partition coefficient (Wildman–Crippen LogP) is 0.639. The monoisotopic (exact) mass is 181 g/mol. The van der Waals surface area contributed by atoms with Gasteiger partial charge in [0.25, 0.3) is 0 Å². The molecule has 1 atom stereocenters. The molecular weight excluding hydrogens is 166 g/mol. The third-order valence-electron chi connectivity index (χ3n) is 1.84. The lowest BCUT2D eigenvalue weighted by Crippen LogP contribution is -2.13. The van der Waals surface area contributed by atoms with Gasteiger partial charge in [0.15, 0.2) is 0 Å². The lowest BCUT2D eigenvalue weighted by atomic mass is 10.1. The largest absolute Gasteiger partial charge is 0.396 e. The summed E-state index contributed by atoms with van der Waals surface area (Å²) in [6.45, 7) is 0.225. The van der Waals surface area contributed by atoms with Crippen LogP contribution in [0.4, 0.5) is 0 Å². The highest BCUT2D eigenvalue weighted by Gasteiger charge is 2.06. The third-order valence-corrected chi connectivity index (χ3v) is 1.84. The number of aromatic nitrogens is 2. The van der Waals surface area contributed by atoms with E-state index in [1.807, 2.05) is 0 Å². The zero-order valence-electron chi connectivity index (χ0n) is 7.56. The SMILES string of the molecule is NC(CCCCO)c1ncccn1. The predicted molar refractivity (Wildman–Crippen MR) is 49.9 cm³/mol. The Hall–Kier alpha value is -1.00. The molecule has 1 aromatic rings. The third kappa shape index (κ3) is 3.48. The summed E-state index contributed by atoms with van der Waals surface area (Å²) in [6.07, 6.45) is 5.91. The maximum Gasteiger partial charge on any atom is 0.144 e. The van der Waals surface area contributed by atoms with Crippen LogP contribution in [0.1, 0.15) is 31.1 Å². The van der Waals surface area contributed by atoms with Crippen molar-refractivity contribution in [3.63, 3.8) is 0 Å². The van der Waals surface area contributed by atoms with Crippen LogP contribution >= 0.6 is 0 Å². The lowest BCUT2D eigenvalue weighted by molar-refractivity contribution is 0.281. The Morgan fingerprint density at radius 2 is 2.00 bits per heavy atom. The summed E-state index contributed by atoms with van der Waals surface area (Å²) in [6, 6.07) is 1.66. The summed E-state index contributed by atoms with van der Waals surface area (Å²) in [7, 11) is 0. The number of aliphatic hydroxyl groups excluding tert-OH is 1. The van der Waals surface area contributed by atoms with Crippen LogP contribution in [0.25, 0.3) is 0 Å². The molecule has 0 amide bonds. The normalized spacial score (nSPS) is 12.8. The quantitative estimate of drug-likeness (QED) is 0.654. The molecule has 0 aliphatic carbocycles. The molecule has 0 fully saturated rings. The van der Waals surface area contributed by atoms with Crippen molar-refractivity contribution in [1.29, 1.82) is 0 Å². The maximum absolute atomic E-state index is 8.58. The molecule has 0 aliphatic heterocycles. The van der Waals surface area contributed by atoms with Crippen molar-refractivity contribution in [3.05, 3.63) is 24.3 Å². The summed E-state index contributed by atoms with van der Waals surface area (Å²) in [5.74, 6) is 0.681. The van der Waals surface area contributed by atoms with Crippen molar-refractivity contribution in [3.8, 4) is 0 Å². The Morgan fingerprint density at radius 3 is 2.62 bits per heavy atom. The molecular formula is C9H15N3O. The first-order valence-corrected chi connectivity index (χ1v) is 4.48. The Labute approximate surface area is 77.8 Å². The lowest BCUT2D eigenvalue weighted by Gasteiger charge is -2.08. The minimum absolute atomic E-state index is 0.104. The number of unbranched alkanes of at least 4 members (excludes halogenated alkanes) is 1. The molecule has 3 N–H and O–H groups in total. The Bertz CT molecular complexity index is 228. The fourth-order valence-corrected chi connectivity index (χ4v) is 1.11. The fraction of sp³-hybridized carbons (Fsp3) is 0.556. The molecule has 13 heavy (non-hydrogen) atoms. The smallest absolute Gasteiger partial charge is 0.144 e. The second kappa shape index (κ2) is 5.61. The summed E-state index contributed by atoms with van der Waals surface area (Å²) in [5, 5.41) is 8.58. The highest BCUT2D eigenvalue weighted by Crippen LogP contribution is 2.11. The zero-order chi connectivity index (χ0) is 9.52. The topological polar surface area (TPSA) is 72.0 Å². The summed E-state index contributed by atoms with van der Waals surface area (Å²) >= 11 is 0. The molecule has 0 saturated carbocycles. The van der Waals surface area contributed by atoms with Gasteiger partial charge in [-0.2, -0.15) is 0 Å². The molecule has 0 radical (unpaired) electrons. The highest BCUT2D eigenvalue weighted by molar-refractivity contribution is 4.94. The molecule has 4 heteroatoms. The van der Waals surface area contributed by atoms with Gasteiger partial charge in [-0.3, -0.25) is 0 Å². The van der Waals surface area contributed by atoms with E-state index in [0.717, 1.165) is 19.3 Å². The Kier molecular flexibility index (Phi) is 4.35. The minimum atomic E-state index is -0.104. The first kappa shape index (κ1) is 10.1. The van der Waals surface area contributed by atoms with Crippen LogP contribution in [-0.2, 0) is 0 Å². The molecule has 0 aromatic carbocycles. The Balaban J connectivity index is 2.35. The van der Waals surface area contributed by atoms with E-state index in [9.17, 15) is 0 Å². The number of rotatable bonds is 5. The first-order chi connectivity index (χ1) is 6.34. The molecule has 0 bridgehead atoms. The van der Waals surface area contributed by atoms with E-state index >= 15 is 0 Å². The van der Waals surface area contributed by atoms with Crippen LogP contribution in [0.3, 0.4) is 0 Å². The average molecular weight is 181 g/mol. The minimum Gasteiger partial charge on any atom is -0.396 e. The van der Waals surface area contributed by atoms with Crippen LogP contribution in [0, 0.1) is 0 Å². The van der Waals surface area contributed by atoms with E-state index in [0.29, 0.717) is 5.82 Å². The van der Waals surface area contributed by atoms with Crippen molar-refractivity contribution in [1.82, 2.24) is 9.97 Å². The molecule has 1 rings (SSSR count). The first-order valence-electron chi connectivity index (χ1n) is 4.48. The number of hydrogen-bond acceptors (Lipinski definition) is 4. The van der Waals surface area contributed by atoms with Crippen molar-refractivity contribution in [2.45, 2.75) is 25.3 Å². The van der Waals surface area contributed by atoms with Crippen LogP contribution in [-0.4, -0.2) is 21.7 Å². The van der Waals surface area contributed by atoms with E-state index in [1.54, 1.807) is 18.5 Å². The standard InChI is InChI=1S/C9H15N3O/c10-8(4-1-2-7-13)9-11-5-3-6-12-9/h3,5-6,8,13H,1-2,4,7,10H2. The van der Waals surface area contributed by atoms with Gasteiger partial charge < -0.3 is 10.8 Å². The van der Waals surface area contributed by atoms with Gasteiger partial charge in [0.05, 0.1) is 6.04 Å². The summed E-state index contributed by atoms with van der Waals surface area (Å²) in [4.78, 5) is 8.12. The van der Waals surface area contributed by atoms with Crippen LogP contribution in [0.15, 0.2) is 18.5 Å². The van der Waals surface area contributed by atoms with Gasteiger partial charge in [0.2, 0.25) is 0 Å². The summed E-state index contributed by atoms with van der Waals surface area (Å²) in [5.41, 5.74) is 5.83. The Morgan fingerprint density at radius 1 is 1.31 bits per heavy atom. The van der Waals surface area contributed by atoms with E-state index in [-0.39, 0.29) is 12.6 Å². The molecule has 0 spiro atoms. The van der Waals surface area contributed by atoms with Gasteiger partial charge in [0, 0.05) is 19.0 Å². The van der Waals surface area contributed by atoms with Gasteiger partial charge in [-0.1, -0.05) is 0 Å². The van der Waals surface area contributed by atoms with Gasteiger partial charge >= 0.3 is 0 Å². The summed E-state index contributed by atoms with van der Waals surface area (Å²) < 4.78 is 0. The molecule has 72 valence electrons. The van der Waals surface area contributed by atoms with Crippen LogP contribution in [0.2, 0.25) is 0 Å². The molecule has 1 unspecified atom stereocenters. The van der Waals surface area contributed by atoms with Crippen molar-refractivity contribution < 1.29 is 5.11 Å². The molecule has 0 saturated heterocycles. The molecule has 1 heterocycles. The fourth-order valence-electron chi connectivity index (χ4n) is 1.11. The van der Waals surface area contributed by atoms with Crippen LogP contribution in [0.5, 0.6) is 0 Å². The van der Waals surface area contributed by atoms with Crippen molar-refractivity contribution >= 4 is 0 Å². The van der Waals surface area contributed by atoms with E-state index < -0.39 is 0 Å². The number of hydrogen-bond donors (Lipinski definition) is 2. The second-order valence-corrected chi connectivity index (χ2v) is 2.93. The average Bonchev–Trinajstić information content (AvgIpc) is 2.19. The maximum atomic E-state index is 8.58. The number of nitrogens with two attached hydrogens (primary N) is 1. The van der Waals surface area contributed by atoms with E-state index in [2.05, 4.69) is 9.97 Å². The van der Waals surface area contributed by atoms with Gasteiger partial charge in [-0.25, -0.2) is 9.97 Å².